The predicted octanol–water partition coefficient (Wildman–Crippen LogP) is 3.81. The van der Waals surface area contributed by atoms with Crippen LogP contribution in [0.4, 0.5) is 4.39 Å². The normalized spacial score (nSPS) is 20.7. The van der Waals surface area contributed by atoms with E-state index in [0.29, 0.717) is 5.92 Å². The second kappa shape index (κ2) is 4.25. The first-order valence-corrected chi connectivity index (χ1v) is 6.19. The Morgan fingerprint density at radius 2 is 2.12 bits per heavy atom. The lowest BCUT2D eigenvalue weighted by atomic mass is 9.78. The lowest BCUT2D eigenvalue weighted by molar-refractivity contribution is -0.129. The first-order chi connectivity index (χ1) is 7.93. The number of hydrogen-bond acceptors (Lipinski definition) is 1. The minimum atomic E-state index is -1.74. The molecule has 0 radical (unpaired) electrons. The van der Waals surface area contributed by atoms with E-state index < -0.39 is 5.67 Å². The smallest absolute Gasteiger partial charge is 0.172 e. The maximum absolute atomic E-state index is 14.6. The molecular formula is C15H19FO. The van der Waals surface area contributed by atoms with Gasteiger partial charge in [-0.2, -0.15) is 0 Å². The van der Waals surface area contributed by atoms with E-state index in [2.05, 4.69) is 0 Å². The molecular weight excluding hydrogens is 215 g/mol. The number of benzene rings is 1. The Labute approximate surface area is 102 Å². The van der Waals surface area contributed by atoms with Crippen molar-refractivity contribution in [2.75, 3.05) is 0 Å². The number of aryl methyl sites for hydroxylation is 1. The van der Waals surface area contributed by atoms with Crippen molar-refractivity contribution < 1.29 is 9.18 Å². The second-order valence-corrected chi connectivity index (χ2v) is 5.36. The van der Waals surface area contributed by atoms with Crippen LogP contribution in [-0.4, -0.2) is 11.5 Å². The summed E-state index contributed by atoms with van der Waals surface area (Å²) in [6.45, 7) is 4.78. The highest BCUT2D eigenvalue weighted by molar-refractivity contribution is 5.85. The van der Waals surface area contributed by atoms with Gasteiger partial charge in [0.05, 0.1) is 0 Å². The molecule has 17 heavy (non-hydrogen) atoms. The maximum Gasteiger partial charge on any atom is 0.172 e. The molecule has 0 bridgehead atoms. The summed E-state index contributed by atoms with van der Waals surface area (Å²) >= 11 is 0. The Balaban J connectivity index is 2.39. The molecule has 1 aliphatic carbocycles. The average molecular weight is 234 g/mol. The molecule has 2 atom stereocenters. The molecule has 0 heterocycles. The minimum Gasteiger partial charge on any atom is -0.296 e. The van der Waals surface area contributed by atoms with Gasteiger partial charge in [-0.05, 0) is 45.1 Å². The Hall–Kier alpha value is -1.18. The van der Waals surface area contributed by atoms with E-state index in [-0.39, 0.29) is 11.7 Å². The van der Waals surface area contributed by atoms with E-state index in [4.69, 9.17) is 0 Å². The third-order valence-corrected chi connectivity index (χ3v) is 3.77. The molecule has 0 aliphatic heterocycles. The van der Waals surface area contributed by atoms with Gasteiger partial charge in [-0.15, -0.1) is 0 Å². The maximum atomic E-state index is 14.6. The first kappa shape index (κ1) is 12.3. The van der Waals surface area contributed by atoms with Crippen molar-refractivity contribution >= 4 is 5.78 Å². The molecule has 0 spiro atoms. The number of halogens is 1. The molecule has 1 aromatic rings. The molecule has 1 aliphatic rings. The Kier molecular flexibility index (Phi) is 3.07. The van der Waals surface area contributed by atoms with Crippen LogP contribution in [-0.2, 0) is 4.79 Å². The SMILES string of the molecule is CC(=O)C(C)(F)[C@H](c1cccc(C)c1)C1CC1. The average Bonchev–Trinajstić information content (AvgIpc) is 3.01. The highest BCUT2D eigenvalue weighted by Gasteiger charge is 2.48. The first-order valence-electron chi connectivity index (χ1n) is 6.19. The molecule has 1 unspecified atom stereocenters. The number of alkyl halides is 1. The number of hydrogen-bond donors (Lipinski definition) is 0. The van der Waals surface area contributed by atoms with Gasteiger partial charge < -0.3 is 0 Å². The van der Waals surface area contributed by atoms with Crippen LogP contribution < -0.4 is 0 Å². The quantitative estimate of drug-likeness (QED) is 0.774. The van der Waals surface area contributed by atoms with E-state index in [1.165, 1.54) is 13.8 Å². The summed E-state index contributed by atoms with van der Waals surface area (Å²) in [5, 5.41) is 0. The van der Waals surface area contributed by atoms with Crippen LogP contribution in [0.2, 0.25) is 0 Å². The summed E-state index contributed by atoms with van der Waals surface area (Å²) < 4.78 is 14.6. The van der Waals surface area contributed by atoms with Crippen LogP contribution in [0, 0.1) is 12.8 Å². The van der Waals surface area contributed by atoms with Gasteiger partial charge in [-0.25, -0.2) is 4.39 Å². The largest absolute Gasteiger partial charge is 0.296 e. The lowest BCUT2D eigenvalue weighted by Crippen LogP contribution is -2.36. The van der Waals surface area contributed by atoms with E-state index in [0.717, 1.165) is 24.0 Å². The zero-order valence-corrected chi connectivity index (χ0v) is 10.7. The van der Waals surface area contributed by atoms with Crippen LogP contribution >= 0.6 is 0 Å². The third-order valence-electron chi connectivity index (χ3n) is 3.77. The molecule has 1 saturated carbocycles. The highest BCUT2D eigenvalue weighted by Crippen LogP contribution is 2.49. The van der Waals surface area contributed by atoms with Gasteiger partial charge in [0.2, 0.25) is 0 Å². The molecule has 0 aromatic heterocycles. The fraction of sp³-hybridized carbons (Fsp3) is 0.533. The highest BCUT2D eigenvalue weighted by atomic mass is 19.1. The van der Waals surface area contributed by atoms with Crippen molar-refractivity contribution in [2.24, 2.45) is 5.92 Å². The summed E-state index contributed by atoms with van der Waals surface area (Å²) in [5.41, 5.74) is 0.342. The molecule has 1 fully saturated rings. The Morgan fingerprint density at radius 3 is 2.59 bits per heavy atom. The zero-order valence-electron chi connectivity index (χ0n) is 10.7. The molecule has 2 rings (SSSR count). The number of carbonyl (C=O) groups excluding carboxylic acids is 1. The van der Waals surface area contributed by atoms with E-state index in [9.17, 15) is 9.18 Å². The summed E-state index contributed by atoms with van der Waals surface area (Å²) in [6, 6.07) is 7.88. The van der Waals surface area contributed by atoms with Gasteiger partial charge in [0.25, 0.3) is 0 Å². The zero-order chi connectivity index (χ0) is 12.6. The third kappa shape index (κ3) is 2.41. The summed E-state index contributed by atoms with van der Waals surface area (Å²) in [5.74, 6) is -0.313. The molecule has 1 aromatic carbocycles. The number of Topliss-reactive ketones (excluding diaryl/α,β-unsaturated/α-hetero) is 1. The Morgan fingerprint density at radius 1 is 1.47 bits per heavy atom. The van der Waals surface area contributed by atoms with Crippen LogP contribution in [0.5, 0.6) is 0 Å². The van der Waals surface area contributed by atoms with Gasteiger partial charge in [0.1, 0.15) is 0 Å². The number of rotatable bonds is 4. The summed E-state index contributed by atoms with van der Waals surface area (Å²) in [6.07, 6.45) is 2.07. The van der Waals surface area contributed by atoms with E-state index in [1.54, 1.807) is 0 Å². The van der Waals surface area contributed by atoms with E-state index in [1.807, 2.05) is 31.2 Å². The van der Waals surface area contributed by atoms with Crippen LogP contribution in [0.25, 0.3) is 0 Å². The number of ketones is 1. The van der Waals surface area contributed by atoms with Crippen molar-refractivity contribution in [3.63, 3.8) is 0 Å². The van der Waals surface area contributed by atoms with Crippen LogP contribution in [0.15, 0.2) is 24.3 Å². The second-order valence-electron chi connectivity index (χ2n) is 5.36. The van der Waals surface area contributed by atoms with Crippen molar-refractivity contribution in [1.29, 1.82) is 0 Å². The fourth-order valence-corrected chi connectivity index (χ4v) is 2.54. The van der Waals surface area contributed by atoms with Crippen molar-refractivity contribution in [2.45, 2.75) is 45.2 Å². The van der Waals surface area contributed by atoms with Gasteiger partial charge in [0.15, 0.2) is 11.5 Å². The standard InChI is InChI=1S/C15H19FO/c1-10-5-4-6-13(9-10)14(12-7-8-12)15(3,16)11(2)17/h4-6,9,12,14H,7-8H2,1-3H3/t14-,15?/m0/s1. The van der Waals surface area contributed by atoms with Crippen molar-refractivity contribution in [3.05, 3.63) is 35.4 Å². The Bertz CT molecular complexity index is 432. The molecule has 0 N–H and O–H groups in total. The summed E-state index contributed by atoms with van der Waals surface area (Å²) in [7, 11) is 0. The van der Waals surface area contributed by atoms with Gasteiger partial charge in [0, 0.05) is 5.92 Å². The molecule has 2 heteroatoms. The fourth-order valence-electron chi connectivity index (χ4n) is 2.54. The summed E-state index contributed by atoms with van der Waals surface area (Å²) in [4.78, 5) is 11.5. The molecule has 0 amide bonds. The van der Waals surface area contributed by atoms with Gasteiger partial charge in [-0.1, -0.05) is 29.8 Å². The van der Waals surface area contributed by atoms with Crippen molar-refractivity contribution in [1.82, 2.24) is 0 Å². The molecule has 0 saturated heterocycles. The van der Waals surface area contributed by atoms with E-state index >= 15 is 0 Å². The van der Waals surface area contributed by atoms with Gasteiger partial charge in [-0.3, -0.25) is 4.79 Å². The van der Waals surface area contributed by atoms with Crippen molar-refractivity contribution in [3.8, 4) is 0 Å². The predicted molar refractivity (Wildman–Crippen MR) is 66.8 cm³/mol. The molecule has 92 valence electrons. The minimum absolute atomic E-state index is 0.278. The lowest BCUT2D eigenvalue weighted by Gasteiger charge is -2.29. The topological polar surface area (TPSA) is 17.1 Å². The van der Waals surface area contributed by atoms with Crippen LogP contribution in [0.3, 0.4) is 0 Å². The van der Waals surface area contributed by atoms with Gasteiger partial charge >= 0.3 is 0 Å². The van der Waals surface area contributed by atoms with Crippen LogP contribution in [0.1, 0.15) is 43.7 Å². The molecule has 1 nitrogen and oxygen atoms in total. The number of carbonyl (C=O) groups is 1. The monoisotopic (exact) mass is 234 g/mol.